The molecule has 2 atom stereocenters. The molecule has 2 aliphatic rings. The summed E-state index contributed by atoms with van der Waals surface area (Å²) in [5.41, 5.74) is 1.05. The molecular weight excluding hydrogens is 320 g/mol. The van der Waals surface area contributed by atoms with E-state index in [1.807, 2.05) is 35.4 Å². The zero-order valence-corrected chi connectivity index (χ0v) is 15.7. The Morgan fingerprint density at radius 2 is 2.00 bits per heavy atom. The van der Waals surface area contributed by atoms with Gasteiger partial charge >= 0.3 is 11.8 Å². The molecule has 24 heavy (non-hydrogen) atoms. The number of hydrogen-bond acceptors (Lipinski definition) is 3. The van der Waals surface area contributed by atoms with Gasteiger partial charge in [-0.2, -0.15) is 0 Å². The second-order valence-corrected chi connectivity index (χ2v) is 9.21. The van der Waals surface area contributed by atoms with Crippen LogP contribution in [0.25, 0.3) is 0 Å². The molecule has 2 fully saturated rings. The fourth-order valence-corrected chi connectivity index (χ4v) is 5.17. The molecule has 1 aromatic rings. The van der Waals surface area contributed by atoms with Crippen molar-refractivity contribution in [2.24, 2.45) is 10.8 Å². The van der Waals surface area contributed by atoms with Gasteiger partial charge in [0.2, 0.25) is 0 Å². The minimum atomic E-state index is -0.526. The molecule has 0 aromatic heterocycles. The lowest BCUT2D eigenvalue weighted by atomic mass is 9.65. The van der Waals surface area contributed by atoms with Crippen LogP contribution in [0.2, 0.25) is 0 Å². The van der Waals surface area contributed by atoms with E-state index in [-0.39, 0.29) is 16.9 Å². The van der Waals surface area contributed by atoms with Crippen molar-refractivity contribution in [2.45, 2.75) is 51.0 Å². The molecule has 130 valence electrons. The number of benzene rings is 1. The van der Waals surface area contributed by atoms with Gasteiger partial charge in [0.1, 0.15) is 0 Å². The maximum Gasteiger partial charge on any atom is 0.313 e. The molecule has 1 N–H and O–H groups in total. The van der Waals surface area contributed by atoms with E-state index in [0.717, 1.165) is 24.2 Å². The second kappa shape index (κ2) is 6.10. The van der Waals surface area contributed by atoms with Crippen LogP contribution in [0.4, 0.5) is 5.69 Å². The van der Waals surface area contributed by atoms with Crippen LogP contribution in [0, 0.1) is 10.8 Å². The predicted octanol–water partition coefficient (Wildman–Crippen LogP) is 3.77. The summed E-state index contributed by atoms with van der Waals surface area (Å²) in [4.78, 5) is 28.0. The highest BCUT2D eigenvalue weighted by Crippen LogP contribution is 2.52. The first kappa shape index (κ1) is 17.3. The molecular formula is C19H26N2O2S. The van der Waals surface area contributed by atoms with E-state index in [0.29, 0.717) is 12.2 Å². The predicted molar refractivity (Wildman–Crippen MR) is 98.1 cm³/mol. The van der Waals surface area contributed by atoms with E-state index in [4.69, 9.17) is 0 Å². The highest BCUT2D eigenvalue weighted by Gasteiger charge is 2.51. The largest absolute Gasteiger partial charge is 0.331 e. The molecule has 2 amide bonds. The Bertz CT molecular complexity index is 673. The average Bonchev–Trinajstić information content (AvgIpc) is 2.75. The Hall–Kier alpha value is -1.49. The molecule has 1 saturated carbocycles. The molecule has 5 heteroatoms. The van der Waals surface area contributed by atoms with Gasteiger partial charge < -0.3 is 10.2 Å². The number of thioether (sulfide) groups is 1. The number of nitrogens with one attached hydrogen (secondary N) is 1. The SMILES string of the molecule is CSc1cccc(NC(=O)C(=O)N2CC3(C)CC2CC(C)(C)C3)c1. The first-order valence-corrected chi connectivity index (χ1v) is 9.70. The van der Waals surface area contributed by atoms with E-state index < -0.39 is 11.8 Å². The maximum atomic E-state index is 12.7. The lowest BCUT2D eigenvalue weighted by molar-refractivity contribution is -0.144. The standard InChI is InChI=1S/C19H26N2O2S/c1-18(2)9-14-10-19(3,11-18)12-21(14)17(23)16(22)20-13-6-5-7-15(8-13)24-4/h5-8,14H,9-12H2,1-4H3,(H,20,22). The summed E-state index contributed by atoms with van der Waals surface area (Å²) < 4.78 is 0. The first-order valence-electron chi connectivity index (χ1n) is 8.47. The van der Waals surface area contributed by atoms with Gasteiger partial charge in [-0.05, 0) is 54.5 Å². The Morgan fingerprint density at radius 1 is 1.25 bits per heavy atom. The van der Waals surface area contributed by atoms with Crippen molar-refractivity contribution in [1.82, 2.24) is 4.90 Å². The number of anilines is 1. The summed E-state index contributed by atoms with van der Waals surface area (Å²) >= 11 is 1.61. The molecule has 0 radical (unpaired) electrons. The van der Waals surface area contributed by atoms with Crippen molar-refractivity contribution in [3.05, 3.63) is 24.3 Å². The molecule has 2 bridgehead atoms. The number of likely N-dealkylation sites (tertiary alicyclic amines) is 1. The van der Waals surface area contributed by atoms with E-state index in [2.05, 4.69) is 26.1 Å². The summed E-state index contributed by atoms with van der Waals surface area (Å²) in [7, 11) is 0. The van der Waals surface area contributed by atoms with Crippen LogP contribution in [0.1, 0.15) is 40.0 Å². The zero-order valence-electron chi connectivity index (χ0n) is 14.9. The van der Waals surface area contributed by atoms with Crippen LogP contribution in [-0.4, -0.2) is 35.6 Å². The van der Waals surface area contributed by atoms with Crippen LogP contribution in [0.15, 0.2) is 29.2 Å². The van der Waals surface area contributed by atoms with E-state index in [1.54, 1.807) is 11.8 Å². The maximum absolute atomic E-state index is 12.7. The van der Waals surface area contributed by atoms with Crippen molar-refractivity contribution >= 4 is 29.3 Å². The minimum Gasteiger partial charge on any atom is -0.331 e. The summed E-state index contributed by atoms with van der Waals surface area (Å²) in [5, 5.41) is 2.76. The Balaban J connectivity index is 1.71. The number of nitrogens with zero attached hydrogens (tertiary/aromatic N) is 1. The average molecular weight is 346 g/mol. The quantitative estimate of drug-likeness (QED) is 0.655. The molecule has 0 spiro atoms. The number of hydrogen-bond donors (Lipinski definition) is 1. The van der Waals surface area contributed by atoms with Crippen molar-refractivity contribution < 1.29 is 9.59 Å². The number of rotatable bonds is 2. The number of fused-ring (bicyclic) bond motifs is 2. The lowest BCUT2D eigenvalue weighted by Crippen LogP contribution is -2.43. The Labute approximate surface area is 148 Å². The molecule has 1 saturated heterocycles. The first-order chi connectivity index (χ1) is 11.2. The van der Waals surface area contributed by atoms with E-state index in [1.165, 1.54) is 0 Å². The third-order valence-corrected chi connectivity index (χ3v) is 5.92. The van der Waals surface area contributed by atoms with Gasteiger partial charge in [0.15, 0.2) is 0 Å². The normalized spacial score (nSPS) is 27.8. The van der Waals surface area contributed by atoms with Gasteiger partial charge in [-0.1, -0.05) is 26.8 Å². The Morgan fingerprint density at radius 3 is 2.71 bits per heavy atom. The van der Waals surface area contributed by atoms with Crippen molar-refractivity contribution in [3.8, 4) is 0 Å². The number of carbonyl (C=O) groups excluding carboxylic acids is 2. The fourth-order valence-electron chi connectivity index (χ4n) is 4.71. The van der Waals surface area contributed by atoms with Gasteiger partial charge in [-0.3, -0.25) is 9.59 Å². The van der Waals surface area contributed by atoms with Crippen molar-refractivity contribution in [2.75, 3.05) is 18.1 Å². The third kappa shape index (κ3) is 3.46. The van der Waals surface area contributed by atoms with Gasteiger partial charge in [-0.25, -0.2) is 0 Å². The summed E-state index contributed by atoms with van der Waals surface area (Å²) in [6.07, 6.45) is 5.08. The van der Waals surface area contributed by atoms with Gasteiger partial charge in [-0.15, -0.1) is 11.8 Å². The Kier molecular flexibility index (Phi) is 4.41. The van der Waals surface area contributed by atoms with Gasteiger partial charge in [0, 0.05) is 23.2 Å². The molecule has 1 aromatic carbocycles. The van der Waals surface area contributed by atoms with Crippen LogP contribution >= 0.6 is 11.8 Å². The topological polar surface area (TPSA) is 49.4 Å². The molecule has 4 nitrogen and oxygen atoms in total. The van der Waals surface area contributed by atoms with Crippen molar-refractivity contribution in [1.29, 1.82) is 0 Å². The third-order valence-electron chi connectivity index (χ3n) is 5.20. The second-order valence-electron chi connectivity index (χ2n) is 8.33. The van der Waals surface area contributed by atoms with Crippen LogP contribution in [0.5, 0.6) is 0 Å². The van der Waals surface area contributed by atoms with Crippen LogP contribution < -0.4 is 5.32 Å². The van der Waals surface area contributed by atoms with Crippen LogP contribution in [0.3, 0.4) is 0 Å². The molecule has 2 unspecified atom stereocenters. The van der Waals surface area contributed by atoms with Crippen molar-refractivity contribution in [3.63, 3.8) is 0 Å². The lowest BCUT2D eigenvalue weighted by Gasteiger charge is -2.39. The highest BCUT2D eigenvalue weighted by molar-refractivity contribution is 7.98. The van der Waals surface area contributed by atoms with E-state index >= 15 is 0 Å². The molecule has 1 heterocycles. The molecule has 1 aliphatic carbocycles. The minimum absolute atomic E-state index is 0.140. The van der Waals surface area contributed by atoms with Gasteiger partial charge in [0.05, 0.1) is 0 Å². The summed E-state index contributed by atoms with van der Waals surface area (Å²) in [6.45, 7) is 7.46. The molecule has 3 rings (SSSR count). The fraction of sp³-hybridized carbons (Fsp3) is 0.579. The summed E-state index contributed by atoms with van der Waals surface area (Å²) in [6, 6.07) is 7.77. The summed E-state index contributed by atoms with van der Waals surface area (Å²) in [5.74, 6) is -0.918. The monoisotopic (exact) mass is 346 g/mol. The number of amides is 2. The van der Waals surface area contributed by atoms with E-state index in [9.17, 15) is 9.59 Å². The highest BCUT2D eigenvalue weighted by atomic mass is 32.2. The zero-order chi connectivity index (χ0) is 17.5. The number of carbonyl (C=O) groups is 2. The van der Waals surface area contributed by atoms with Gasteiger partial charge in [0.25, 0.3) is 0 Å². The van der Waals surface area contributed by atoms with Crippen LogP contribution in [-0.2, 0) is 9.59 Å². The smallest absolute Gasteiger partial charge is 0.313 e. The molecule has 1 aliphatic heterocycles.